The van der Waals surface area contributed by atoms with Gasteiger partial charge in [0.2, 0.25) is 0 Å². The van der Waals surface area contributed by atoms with Crippen LogP contribution in [-0.2, 0) is 0 Å². The first-order valence-corrected chi connectivity index (χ1v) is 6.44. The third-order valence-electron chi connectivity index (χ3n) is 3.43. The Bertz CT molecular complexity index is 362. The predicted octanol–water partition coefficient (Wildman–Crippen LogP) is 4.41. The molecule has 1 saturated carbocycles. The van der Waals surface area contributed by atoms with Gasteiger partial charge >= 0.3 is 0 Å². The minimum atomic E-state index is 0.235. The summed E-state index contributed by atoms with van der Waals surface area (Å²) in [6.45, 7) is 0. The van der Waals surface area contributed by atoms with Crippen molar-refractivity contribution >= 4 is 17.4 Å². The van der Waals surface area contributed by atoms with Crippen molar-refractivity contribution < 1.29 is 0 Å². The van der Waals surface area contributed by atoms with Crippen LogP contribution in [0.3, 0.4) is 0 Å². The second-order valence-corrected chi connectivity index (χ2v) is 4.66. The van der Waals surface area contributed by atoms with E-state index >= 15 is 0 Å². The van der Waals surface area contributed by atoms with E-state index in [1.54, 1.807) is 0 Å². The minimum Gasteiger partial charge on any atom is -0.224 e. The van der Waals surface area contributed by atoms with E-state index in [0.717, 1.165) is 0 Å². The fourth-order valence-electron chi connectivity index (χ4n) is 2.61. The molecule has 1 aromatic rings. The van der Waals surface area contributed by atoms with Gasteiger partial charge in [-0.05, 0) is 36.5 Å². The number of hydrogen-bond acceptors (Lipinski definition) is 2. The SMILES string of the molecule is S=C=NC(c1ccccc1)C1CCCCC1. The van der Waals surface area contributed by atoms with E-state index in [1.165, 1.54) is 37.7 Å². The molecule has 1 unspecified atom stereocenters. The van der Waals surface area contributed by atoms with Gasteiger partial charge in [-0.25, -0.2) is 4.99 Å². The molecule has 1 aliphatic carbocycles. The Morgan fingerprint density at radius 1 is 1.12 bits per heavy atom. The maximum Gasteiger partial charge on any atom is 0.0880 e. The van der Waals surface area contributed by atoms with Crippen LogP contribution in [0, 0.1) is 5.92 Å². The van der Waals surface area contributed by atoms with Crippen LogP contribution in [0.1, 0.15) is 43.7 Å². The smallest absolute Gasteiger partial charge is 0.0880 e. The van der Waals surface area contributed by atoms with Gasteiger partial charge in [-0.3, -0.25) is 0 Å². The molecule has 0 bridgehead atoms. The molecule has 1 nitrogen and oxygen atoms in total. The number of benzene rings is 1. The summed E-state index contributed by atoms with van der Waals surface area (Å²) < 4.78 is 0. The van der Waals surface area contributed by atoms with E-state index in [9.17, 15) is 0 Å². The first-order valence-electron chi connectivity index (χ1n) is 6.04. The maximum atomic E-state index is 4.78. The average molecular weight is 231 g/mol. The van der Waals surface area contributed by atoms with Crippen LogP contribution in [0.4, 0.5) is 0 Å². The predicted molar refractivity (Wildman–Crippen MR) is 70.8 cm³/mol. The van der Waals surface area contributed by atoms with E-state index < -0.39 is 0 Å². The van der Waals surface area contributed by atoms with Gasteiger partial charge in [-0.15, -0.1) is 0 Å². The number of rotatable bonds is 3. The molecule has 1 aromatic carbocycles. The molecule has 0 spiro atoms. The summed E-state index contributed by atoms with van der Waals surface area (Å²) in [4.78, 5) is 4.38. The minimum absolute atomic E-state index is 0.235. The highest BCUT2D eigenvalue weighted by Gasteiger charge is 2.24. The monoisotopic (exact) mass is 231 g/mol. The third kappa shape index (κ3) is 2.78. The third-order valence-corrected chi connectivity index (χ3v) is 3.53. The highest BCUT2D eigenvalue weighted by molar-refractivity contribution is 7.78. The van der Waals surface area contributed by atoms with Crippen molar-refractivity contribution in [2.24, 2.45) is 10.9 Å². The first kappa shape index (κ1) is 11.5. The fourth-order valence-corrected chi connectivity index (χ4v) is 2.72. The Hall–Kier alpha value is -0.980. The highest BCUT2D eigenvalue weighted by atomic mass is 32.1. The van der Waals surface area contributed by atoms with Crippen molar-refractivity contribution in [1.82, 2.24) is 0 Å². The lowest BCUT2D eigenvalue weighted by molar-refractivity contribution is 0.310. The Labute approximate surface area is 103 Å². The molecular weight excluding hydrogens is 214 g/mol. The van der Waals surface area contributed by atoms with E-state index in [-0.39, 0.29) is 6.04 Å². The molecular formula is C14H17NS. The van der Waals surface area contributed by atoms with Gasteiger partial charge in [0.25, 0.3) is 0 Å². The molecule has 0 radical (unpaired) electrons. The number of thiocarbonyl (C=S) groups is 1. The molecule has 1 fully saturated rings. The lowest BCUT2D eigenvalue weighted by atomic mass is 9.81. The van der Waals surface area contributed by atoms with Crippen molar-refractivity contribution in [1.29, 1.82) is 0 Å². The van der Waals surface area contributed by atoms with Gasteiger partial charge in [0, 0.05) is 0 Å². The summed E-state index contributed by atoms with van der Waals surface area (Å²) in [6, 6.07) is 10.7. The molecule has 0 N–H and O–H groups in total. The van der Waals surface area contributed by atoms with Gasteiger partial charge in [-0.2, -0.15) is 0 Å². The standard InChI is InChI=1S/C14H17NS/c16-11-15-14(12-7-3-1-4-8-12)13-9-5-2-6-10-13/h1,3-4,7-8,13-14H,2,5-6,9-10H2. The summed E-state index contributed by atoms with van der Waals surface area (Å²) in [7, 11) is 0. The zero-order valence-corrected chi connectivity index (χ0v) is 10.2. The number of aliphatic imine (C=N–C) groups is 1. The number of nitrogens with zero attached hydrogens (tertiary/aromatic N) is 1. The lowest BCUT2D eigenvalue weighted by Gasteiger charge is -2.27. The molecule has 0 amide bonds. The number of isothiocyanates is 1. The second-order valence-electron chi connectivity index (χ2n) is 4.47. The van der Waals surface area contributed by atoms with Crippen LogP contribution in [0.15, 0.2) is 35.3 Å². The Morgan fingerprint density at radius 3 is 2.44 bits per heavy atom. The van der Waals surface area contributed by atoms with Crippen LogP contribution >= 0.6 is 12.2 Å². The fraction of sp³-hybridized carbons (Fsp3) is 0.500. The highest BCUT2D eigenvalue weighted by Crippen LogP contribution is 2.36. The largest absolute Gasteiger partial charge is 0.224 e. The molecule has 16 heavy (non-hydrogen) atoms. The average Bonchev–Trinajstić information content (AvgIpc) is 2.38. The summed E-state index contributed by atoms with van der Waals surface area (Å²) in [6.07, 6.45) is 6.60. The Kier molecular flexibility index (Phi) is 4.26. The van der Waals surface area contributed by atoms with Crippen LogP contribution in [0.2, 0.25) is 0 Å². The molecule has 0 saturated heterocycles. The summed E-state index contributed by atoms with van der Waals surface area (Å²) in [5.41, 5.74) is 1.28. The molecule has 0 heterocycles. The van der Waals surface area contributed by atoms with Crippen LogP contribution < -0.4 is 0 Å². The van der Waals surface area contributed by atoms with Crippen LogP contribution in [0.25, 0.3) is 0 Å². The Balaban J connectivity index is 2.19. The molecule has 1 aliphatic rings. The Morgan fingerprint density at radius 2 is 1.81 bits per heavy atom. The molecule has 0 aromatic heterocycles. The van der Waals surface area contributed by atoms with Gasteiger partial charge in [0.15, 0.2) is 0 Å². The van der Waals surface area contributed by atoms with Crippen LogP contribution in [-0.4, -0.2) is 5.16 Å². The second kappa shape index (κ2) is 5.93. The first-order chi connectivity index (χ1) is 7.92. The maximum absolute atomic E-state index is 4.78. The van der Waals surface area contributed by atoms with Gasteiger partial charge in [0.1, 0.15) is 0 Å². The zero-order chi connectivity index (χ0) is 11.2. The van der Waals surface area contributed by atoms with E-state index in [1.807, 2.05) is 6.07 Å². The molecule has 1 atom stereocenters. The summed E-state index contributed by atoms with van der Waals surface area (Å²) >= 11 is 4.78. The summed E-state index contributed by atoms with van der Waals surface area (Å²) in [5, 5.41) is 2.57. The molecule has 2 heteroatoms. The number of hydrogen-bond donors (Lipinski definition) is 0. The quantitative estimate of drug-likeness (QED) is 0.554. The van der Waals surface area contributed by atoms with E-state index in [0.29, 0.717) is 5.92 Å². The topological polar surface area (TPSA) is 12.4 Å². The summed E-state index contributed by atoms with van der Waals surface area (Å²) in [5.74, 6) is 0.659. The van der Waals surface area contributed by atoms with E-state index in [4.69, 9.17) is 12.2 Å². The molecule has 0 aliphatic heterocycles. The van der Waals surface area contributed by atoms with Crippen molar-refractivity contribution in [2.75, 3.05) is 0 Å². The van der Waals surface area contributed by atoms with Crippen molar-refractivity contribution in [3.63, 3.8) is 0 Å². The van der Waals surface area contributed by atoms with Crippen molar-refractivity contribution in [2.45, 2.75) is 38.1 Å². The van der Waals surface area contributed by atoms with Crippen molar-refractivity contribution in [3.8, 4) is 0 Å². The zero-order valence-electron chi connectivity index (χ0n) is 9.43. The van der Waals surface area contributed by atoms with Gasteiger partial charge in [0.05, 0.1) is 11.2 Å². The van der Waals surface area contributed by atoms with Crippen LogP contribution in [0.5, 0.6) is 0 Å². The molecule has 2 rings (SSSR count). The van der Waals surface area contributed by atoms with Gasteiger partial charge < -0.3 is 0 Å². The molecule has 84 valence electrons. The normalized spacial score (nSPS) is 18.8. The van der Waals surface area contributed by atoms with Gasteiger partial charge in [-0.1, -0.05) is 49.6 Å². The van der Waals surface area contributed by atoms with E-state index in [2.05, 4.69) is 34.4 Å². The van der Waals surface area contributed by atoms with Crippen molar-refractivity contribution in [3.05, 3.63) is 35.9 Å². The lowest BCUT2D eigenvalue weighted by Crippen LogP contribution is -2.14.